The van der Waals surface area contributed by atoms with Crippen LogP contribution in [0.4, 0.5) is 0 Å². The largest absolute Gasteiger partial charge is 0.378 e. The van der Waals surface area contributed by atoms with Gasteiger partial charge in [-0.25, -0.2) is 0 Å². The molecule has 0 aromatic rings. The van der Waals surface area contributed by atoms with Gasteiger partial charge in [0.1, 0.15) is 0 Å². The fourth-order valence-corrected chi connectivity index (χ4v) is 3.20. The lowest BCUT2D eigenvalue weighted by atomic mass is 9.63. The molecule has 2 fully saturated rings. The standard InChI is InChI=1S/C14H26N2O2/c1-6-18-11-7-10(14(11,4)5)16-8-15-12(9(2)3)13(16)17/h9-12,15H,6-8H2,1-5H3. The maximum atomic E-state index is 12.4. The van der Waals surface area contributed by atoms with Gasteiger partial charge < -0.3 is 9.64 Å². The Balaban J connectivity index is 2.01. The molecule has 1 saturated carbocycles. The zero-order valence-corrected chi connectivity index (χ0v) is 12.2. The fraction of sp³-hybridized carbons (Fsp3) is 0.929. The topological polar surface area (TPSA) is 41.6 Å². The summed E-state index contributed by atoms with van der Waals surface area (Å²) in [6.07, 6.45) is 1.26. The van der Waals surface area contributed by atoms with E-state index in [1.165, 1.54) is 0 Å². The van der Waals surface area contributed by atoms with E-state index in [-0.39, 0.29) is 17.4 Å². The summed E-state index contributed by atoms with van der Waals surface area (Å²) in [5.74, 6) is 0.617. The van der Waals surface area contributed by atoms with Gasteiger partial charge >= 0.3 is 0 Å². The molecule has 2 rings (SSSR count). The van der Waals surface area contributed by atoms with Crippen LogP contribution in [0.1, 0.15) is 41.0 Å². The summed E-state index contributed by atoms with van der Waals surface area (Å²) in [4.78, 5) is 14.4. The van der Waals surface area contributed by atoms with E-state index in [0.717, 1.165) is 13.0 Å². The molecule has 18 heavy (non-hydrogen) atoms. The molecule has 1 aliphatic carbocycles. The van der Waals surface area contributed by atoms with Gasteiger partial charge in [0.15, 0.2) is 0 Å². The molecule has 1 N–H and O–H groups in total. The average Bonchev–Trinajstić information content (AvgIpc) is 2.66. The van der Waals surface area contributed by atoms with Crippen molar-refractivity contribution in [1.82, 2.24) is 10.2 Å². The van der Waals surface area contributed by atoms with E-state index in [2.05, 4.69) is 33.0 Å². The minimum atomic E-state index is -0.00746. The first-order valence-electron chi connectivity index (χ1n) is 7.05. The van der Waals surface area contributed by atoms with Crippen molar-refractivity contribution in [3.63, 3.8) is 0 Å². The van der Waals surface area contributed by atoms with Gasteiger partial charge in [-0.05, 0) is 19.3 Å². The minimum Gasteiger partial charge on any atom is -0.378 e. The molecule has 0 aromatic carbocycles. The zero-order chi connectivity index (χ0) is 13.5. The maximum Gasteiger partial charge on any atom is 0.241 e. The Labute approximate surface area is 110 Å². The number of nitrogens with zero attached hydrogens (tertiary/aromatic N) is 1. The third-order valence-electron chi connectivity index (χ3n) is 4.57. The van der Waals surface area contributed by atoms with Crippen molar-refractivity contribution < 1.29 is 9.53 Å². The molecular weight excluding hydrogens is 228 g/mol. The average molecular weight is 254 g/mol. The van der Waals surface area contributed by atoms with E-state index in [4.69, 9.17) is 4.74 Å². The molecule has 0 bridgehead atoms. The van der Waals surface area contributed by atoms with Crippen molar-refractivity contribution in [3.05, 3.63) is 0 Å². The van der Waals surface area contributed by atoms with Gasteiger partial charge in [0.05, 0.1) is 18.8 Å². The molecule has 3 atom stereocenters. The first-order chi connectivity index (χ1) is 8.39. The second-order valence-electron chi connectivity index (χ2n) is 6.41. The molecule has 1 heterocycles. The molecule has 2 aliphatic rings. The Kier molecular flexibility index (Phi) is 3.70. The first-order valence-corrected chi connectivity index (χ1v) is 7.05. The predicted molar refractivity (Wildman–Crippen MR) is 71.1 cm³/mol. The highest BCUT2D eigenvalue weighted by Gasteiger charge is 2.54. The number of hydrogen-bond acceptors (Lipinski definition) is 3. The van der Waals surface area contributed by atoms with E-state index in [1.54, 1.807) is 0 Å². The molecule has 1 amide bonds. The monoisotopic (exact) mass is 254 g/mol. The number of carbonyl (C=O) groups excluding carboxylic acids is 1. The molecule has 1 saturated heterocycles. The number of nitrogens with one attached hydrogen (secondary N) is 1. The Hall–Kier alpha value is -0.610. The van der Waals surface area contributed by atoms with Crippen molar-refractivity contribution >= 4 is 5.91 Å². The van der Waals surface area contributed by atoms with Gasteiger partial charge in [-0.1, -0.05) is 27.7 Å². The lowest BCUT2D eigenvalue weighted by Gasteiger charge is -2.54. The summed E-state index contributed by atoms with van der Waals surface area (Å²) >= 11 is 0. The van der Waals surface area contributed by atoms with Crippen molar-refractivity contribution in [2.24, 2.45) is 11.3 Å². The predicted octanol–water partition coefficient (Wildman–Crippen LogP) is 1.60. The van der Waals surface area contributed by atoms with Crippen LogP contribution in [0.5, 0.6) is 0 Å². The Morgan fingerprint density at radius 1 is 1.50 bits per heavy atom. The molecule has 1 aliphatic heterocycles. The van der Waals surface area contributed by atoms with Gasteiger partial charge in [-0.15, -0.1) is 0 Å². The SMILES string of the molecule is CCOC1CC(N2CNC(C(C)C)C2=O)C1(C)C. The van der Waals surface area contributed by atoms with Crippen molar-refractivity contribution in [2.45, 2.75) is 59.2 Å². The molecule has 3 unspecified atom stereocenters. The lowest BCUT2D eigenvalue weighted by Crippen LogP contribution is -2.62. The number of hydrogen-bond donors (Lipinski definition) is 1. The second-order valence-corrected chi connectivity index (χ2v) is 6.41. The summed E-state index contributed by atoms with van der Waals surface area (Å²) in [5.41, 5.74) is 0.0687. The van der Waals surface area contributed by atoms with Crippen LogP contribution in [-0.4, -0.2) is 42.3 Å². The van der Waals surface area contributed by atoms with Crippen LogP contribution in [0.25, 0.3) is 0 Å². The fourth-order valence-electron chi connectivity index (χ4n) is 3.20. The molecule has 0 aromatic heterocycles. The van der Waals surface area contributed by atoms with Gasteiger partial charge in [-0.2, -0.15) is 0 Å². The van der Waals surface area contributed by atoms with Crippen molar-refractivity contribution in [3.8, 4) is 0 Å². The number of amides is 1. The number of carbonyl (C=O) groups is 1. The van der Waals surface area contributed by atoms with Gasteiger partial charge in [0.25, 0.3) is 0 Å². The van der Waals surface area contributed by atoms with Crippen molar-refractivity contribution in [1.29, 1.82) is 0 Å². The van der Waals surface area contributed by atoms with E-state index in [1.807, 2.05) is 11.8 Å². The summed E-state index contributed by atoms with van der Waals surface area (Å²) in [5, 5.41) is 3.33. The first kappa shape index (κ1) is 13.8. The number of rotatable bonds is 4. The smallest absolute Gasteiger partial charge is 0.241 e. The molecule has 104 valence electrons. The van der Waals surface area contributed by atoms with Gasteiger partial charge in [0.2, 0.25) is 5.91 Å². The highest BCUT2D eigenvalue weighted by Crippen LogP contribution is 2.46. The van der Waals surface area contributed by atoms with E-state index in [9.17, 15) is 4.79 Å². The third-order valence-corrected chi connectivity index (χ3v) is 4.57. The molecule has 4 heteroatoms. The van der Waals surface area contributed by atoms with Gasteiger partial charge in [0, 0.05) is 18.1 Å². The second kappa shape index (κ2) is 4.82. The zero-order valence-electron chi connectivity index (χ0n) is 12.2. The maximum absolute atomic E-state index is 12.4. The van der Waals surface area contributed by atoms with Crippen LogP contribution >= 0.6 is 0 Å². The normalized spacial score (nSPS) is 35.1. The summed E-state index contributed by atoms with van der Waals surface area (Å²) in [7, 11) is 0. The highest BCUT2D eigenvalue weighted by atomic mass is 16.5. The Morgan fingerprint density at radius 3 is 2.61 bits per heavy atom. The van der Waals surface area contributed by atoms with Crippen LogP contribution in [0, 0.1) is 11.3 Å². The van der Waals surface area contributed by atoms with E-state index in [0.29, 0.717) is 24.7 Å². The third kappa shape index (κ3) is 2.05. The van der Waals surface area contributed by atoms with Crippen LogP contribution < -0.4 is 5.32 Å². The molecule has 0 radical (unpaired) electrons. The van der Waals surface area contributed by atoms with Crippen LogP contribution in [-0.2, 0) is 9.53 Å². The molecule has 4 nitrogen and oxygen atoms in total. The Bertz CT molecular complexity index is 328. The highest BCUT2D eigenvalue weighted by molar-refractivity contribution is 5.84. The van der Waals surface area contributed by atoms with Crippen LogP contribution in [0.3, 0.4) is 0 Å². The summed E-state index contributed by atoms with van der Waals surface area (Å²) in [6.45, 7) is 12.1. The molecule has 0 spiro atoms. The summed E-state index contributed by atoms with van der Waals surface area (Å²) < 4.78 is 5.73. The van der Waals surface area contributed by atoms with E-state index >= 15 is 0 Å². The quantitative estimate of drug-likeness (QED) is 0.828. The van der Waals surface area contributed by atoms with Gasteiger partial charge in [-0.3, -0.25) is 10.1 Å². The Morgan fingerprint density at radius 2 is 2.17 bits per heavy atom. The van der Waals surface area contributed by atoms with Crippen LogP contribution in [0.2, 0.25) is 0 Å². The summed E-state index contributed by atoms with van der Waals surface area (Å²) in [6, 6.07) is 0.310. The molecular formula is C14H26N2O2. The number of ether oxygens (including phenoxy) is 1. The lowest BCUT2D eigenvalue weighted by molar-refractivity contribution is -0.163. The van der Waals surface area contributed by atoms with Crippen LogP contribution in [0.15, 0.2) is 0 Å². The van der Waals surface area contributed by atoms with Crippen molar-refractivity contribution in [2.75, 3.05) is 13.3 Å². The minimum absolute atomic E-state index is 0.00746. The van der Waals surface area contributed by atoms with E-state index < -0.39 is 0 Å².